The van der Waals surface area contributed by atoms with Gasteiger partial charge < -0.3 is 15.4 Å². The van der Waals surface area contributed by atoms with Gasteiger partial charge in [-0.1, -0.05) is 29.8 Å². The van der Waals surface area contributed by atoms with Crippen LogP contribution in [-0.2, 0) is 4.74 Å². The molecular weight excluding hydrogens is 402 g/mol. The van der Waals surface area contributed by atoms with Gasteiger partial charge in [0, 0.05) is 42.6 Å². The number of ether oxygens (including phenoxy) is 1. The molecule has 0 spiro atoms. The zero-order chi connectivity index (χ0) is 22.2. The number of carbonyl (C=O) groups is 1. The van der Waals surface area contributed by atoms with Gasteiger partial charge in [-0.2, -0.15) is 0 Å². The van der Waals surface area contributed by atoms with Crippen LogP contribution in [0.2, 0.25) is 0 Å². The molecule has 3 aromatic rings. The summed E-state index contributed by atoms with van der Waals surface area (Å²) in [4.78, 5) is 23.7. The summed E-state index contributed by atoms with van der Waals surface area (Å²) in [6.45, 7) is 7.25. The number of amides is 1. The lowest BCUT2D eigenvalue weighted by Crippen LogP contribution is -2.38. The van der Waals surface area contributed by atoms with E-state index in [1.807, 2.05) is 30.3 Å². The molecule has 1 saturated heterocycles. The molecule has 0 radical (unpaired) electrons. The van der Waals surface area contributed by atoms with Crippen molar-refractivity contribution in [2.45, 2.75) is 13.3 Å². The van der Waals surface area contributed by atoms with Crippen molar-refractivity contribution in [1.29, 1.82) is 0 Å². The molecule has 2 N–H and O–H groups in total. The van der Waals surface area contributed by atoms with Gasteiger partial charge in [0.05, 0.1) is 18.9 Å². The molecule has 32 heavy (non-hydrogen) atoms. The second-order valence-corrected chi connectivity index (χ2v) is 7.90. The van der Waals surface area contributed by atoms with Crippen LogP contribution in [0.3, 0.4) is 0 Å². The third-order valence-corrected chi connectivity index (χ3v) is 5.45. The van der Waals surface area contributed by atoms with Crippen LogP contribution >= 0.6 is 0 Å². The Labute approximate surface area is 188 Å². The van der Waals surface area contributed by atoms with Crippen molar-refractivity contribution in [3.63, 3.8) is 0 Å². The summed E-state index contributed by atoms with van der Waals surface area (Å²) in [6.07, 6.45) is 2.67. The van der Waals surface area contributed by atoms with Crippen molar-refractivity contribution in [3.05, 3.63) is 71.9 Å². The standard InChI is InChI=1S/C25H29N5O2/c1-19-3-5-20(6-4-19)23-11-13-27-25(29-23)28-22-9-7-21(8-10-22)24(31)26-12-2-14-30-15-17-32-18-16-30/h3-11,13H,2,12,14-18H2,1H3,(H,26,31)(H,27,28,29). The molecule has 4 rings (SSSR count). The van der Waals surface area contributed by atoms with E-state index in [2.05, 4.69) is 56.7 Å². The Bertz CT molecular complexity index is 1020. The van der Waals surface area contributed by atoms with Crippen molar-refractivity contribution in [1.82, 2.24) is 20.2 Å². The molecule has 1 aliphatic rings. The molecule has 166 valence electrons. The van der Waals surface area contributed by atoms with Crippen LogP contribution in [0.15, 0.2) is 60.8 Å². The maximum absolute atomic E-state index is 12.4. The Balaban J connectivity index is 1.28. The number of aromatic nitrogens is 2. The van der Waals surface area contributed by atoms with Crippen LogP contribution in [0.1, 0.15) is 22.3 Å². The first-order valence-electron chi connectivity index (χ1n) is 11.0. The zero-order valence-electron chi connectivity index (χ0n) is 18.4. The molecule has 0 aliphatic carbocycles. The van der Waals surface area contributed by atoms with E-state index in [0.29, 0.717) is 18.1 Å². The zero-order valence-corrected chi connectivity index (χ0v) is 18.4. The number of nitrogens with one attached hydrogen (secondary N) is 2. The predicted molar refractivity (Wildman–Crippen MR) is 126 cm³/mol. The van der Waals surface area contributed by atoms with Crippen molar-refractivity contribution in [3.8, 4) is 11.3 Å². The molecule has 0 bridgehead atoms. The molecule has 0 atom stereocenters. The van der Waals surface area contributed by atoms with Gasteiger partial charge in [-0.3, -0.25) is 9.69 Å². The lowest BCUT2D eigenvalue weighted by molar-refractivity contribution is 0.0374. The molecule has 1 aliphatic heterocycles. The number of anilines is 2. The average Bonchev–Trinajstić information content (AvgIpc) is 2.83. The maximum atomic E-state index is 12.4. The first kappa shape index (κ1) is 21.9. The first-order valence-corrected chi connectivity index (χ1v) is 11.0. The number of morpholine rings is 1. The van der Waals surface area contributed by atoms with Gasteiger partial charge in [0.25, 0.3) is 5.91 Å². The summed E-state index contributed by atoms with van der Waals surface area (Å²) in [5.74, 6) is 0.458. The van der Waals surface area contributed by atoms with Crippen molar-refractivity contribution in [2.24, 2.45) is 0 Å². The predicted octanol–water partition coefficient (Wildman–Crippen LogP) is 3.65. The fourth-order valence-electron chi connectivity index (χ4n) is 3.57. The minimum Gasteiger partial charge on any atom is -0.379 e. The minimum absolute atomic E-state index is 0.0591. The normalized spacial score (nSPS) is 14.2. The van der Waals surface area contributed by atoms with Crippen LogP contribution in [0.4, 0.5) is 11.6 Å². The van der Waals surface area contributed by atoms with E-state index in [1.54, 1.807) is 6.20 Å². The van der Waals surface area contributed by atoms with Gasteiger partial charge in [0.15, 0.2) is 0 Å². The van der Waals surface area contributed by atoms with E-state index in [-0.39, 0.29) is 5.91 Å². The van der Waals surface area contributed by atoms with Gasteiger partial charge >= 0.3 is 0 Å². The monoisotopic (exact) mass is 431 g/mol. The van der Waals surface area contributed by atoms with E-state index in [1.165, 1.54) is 5.56 Å². The van der Waals surface area contributed by atoms with E-state index in [9.17, 15) is 4.79 Å². The molecule has 1 amide bonds. The number of hydrogen-bond donors (Lipinski definition) is 2. The van der Waals surface area contributed by atoms with Crippen molar-refractivity contribution in [2.75, 3.05) is 44.7 Å². The average molecular weight is 432 g/mol. The highest BCUT2D eigenvalue weighted by atomic mass is 16.5. The minimum atomic E-state index is -0.0591. The molecule has 0 unspecified atom stereocenters. The van der Waals surface area contributed by atoms with Gasteiger partial charge in [-0.05, 0) is 50.2 Å². The summed E-state index contributed by atoms with van der Waals surface area (Å²) >= 11 is 0. The fourth-order valence-corrected chi connectivity index (χ4v) is 3.57. The SMILES string of the molecule is Cc1ccc(-c2ccnc(Nc3ccc(C(=O)NCCCN4CCOCC4)cc3)n2)cc1. The Kier molecular flexibility index (Phi) is 7.42. The van der Waals surface area contributed by atoms with E-state index in [4.69, 9.17) is 4.74 Å². The van der Waals surface area contributed by atoms with E-state index in [0.717, 1.165) is 56.2 Å². The summed E-state index contributed by atoms with van der Waals surface area (Å²) in [7, 11) is 0. The third kappa shape index (κ3) is 6.12. The van der Waals surface area contributed by atoms with Crippen LogP contribution < -0.4 is 10.6 Å². The van der Waals surface area contributed by atoms with E-state index < -0.39 is 0 Å². The lowest BCUT2D eigenvalue weighted by Gasteiger charge is -2.26. The van der Waals surface area contributed by atoms with E-state index >= 15 is 0 Å². The molecule has 2 heterocycles. The molecule has 7 nitrogen and oxygen atoms in total. The highest BCUT2D eigenvalue weighted by molar-refractivity contribution is 5.94. The lowest BCUT2D eigenvalue weighted by atomic mass is 10.1. The second kappa shape index (κ2) is 10.8. The van der Waals surface area contributed by atoms with Crippen LogP contribution in [0.5, 0.6) is 0 Å². The molecular formula is C25H29N5O2. The Morgan fingerprint density at radius 3 is 2.53 bits per heavy atom. The molecule has 7 heteroatoms. The highest BCUT2D eigenvalue weighted by Gasteiger charge is 2.10. The molecule has 1 aromatic heterocycles. The Hall–Kier alpha value is -3.29. The van der Waals surface area contributed by atoms with Gasteiger partial charge in [-0.25, -0.2) is 9.97 Å². The number of rotatable bonds is 8. The quantitative estimate of drug-likeness (QED) is 0.530. The third-order valence-electron chi connectivity index (χ3n) is 5.45. The van der Waals surface area contributed by atoms with Crippen LogP contribution in [0, 0.1) is 6.92 Å². The number of carbonyl (C=O) groups excluding carboxylic acids is 1. The fraction of sp³-hybridized carbons (Fsp3) is 0.320. The highest BCUT2D eigenvalue weighted by Crippen LogP contribution is 2.20. The van der Waals surface area contributed by atoms with Crippen LogP contribution in [0.25, 0.3) is 11.3 Å². The van der Waals surface area contributed by atoms with Gasteiger partial charge in [-0.15, -0.1) is 0 Å². The smallest absolute Gasteiger partial charge is 0.251 e. The summed E-state index contributed by atoms with van der Waals surface area (Å²) in [5.41, 5.74) is 4.57. The number of nitrogens with zero attached hydrogens (tertiary/aromatic N) is 3. The molecule has 1 fully saturated rings. The maximum Gasteiger partial charge on any atom is 0.251 e. The summed E-state index contributed by atoms with van der Waals surface area (Å²) < 4.78 is 5.35. The summed E-state index contributed by atoms with van der Waals surface area (Å²) in [6, 6.07) is 17.5. The van der Waals surface area contributed by atoms with Gasteiger partial charge in [0.1, 0.15) is 0 Å². The Morgan fingerprint density at radius 1 is 1.03 bits per heavy atom. The molecule has 2 aromatic carbocycles. The Morgan fingerprint density at radius 2 is 1.78 bits per heavy atom. The van der Waals surface area contributed by atoms with Crippen LogP contribution in [-0.4, -0.2) is 60.2 Å². The number of benzene rings is 2. The number of aryl methyl sites for hydroxylation is 1. The van der Waals surface area contributed by atoms with Crippen molar-refractivity contribution < 1.29 is 9.53 Å². The topological polar surface area (TPSA) is 79.4 Å². The summed E-state index contributed by atoms with van der Waals surface area (Å²) in [5, 5.41) is 6.21. The largest absolute Gasteiger partial charge is 0.379 e. The van der Waals surface area contributed by atoms with Gasteiger partial charge in [0.2, 0.25) is 5.95 Å². The number of hydrogen-bond acceptors (Lipinski definition) is 6. The second-order valence-electron chi connectivity index (χ2n) is 7.90. The van der Waals surface area contributed by atoms with Crippen molar-refractivity contribution >= 4 is 17.5 Å². The first-order chi connectivity index (χ1) is 15.7. The molecule has 0 saturated carbocycles.